The highest BCUT2D eigenvalue weighted by molar-refractivity contribution is 7.10. The predicted octanol–water partition coefficient (Wildman–Crippen LogP) is 1.26. The topological polar surface area (TPSA) is 89.9 Å². The van der Waals surface area contributed by atoms with Gasteiger partial charge in [-0.2, -0.15) is 0 Å². The van der Waals surface area contributed by atoms with Crippen LogP contribution in [-0.4, -0.2) is 52.3 Å². The van der Waals surface area contributed by atoms with E-state index in [1.807, 2.05) is 31.4 Å². The summed E-state index contributed by atoms with van der Waals surface area (Å²) in [7, 11) is 0. The highest BCUT2D eigenvalue weighted by Crippen LogP contribution is 2.27. The number of carboxylic acid groups (broad SMARTS) is 1. The van der Waals surface area contributed by atoms with Gasteiger partial charge in [0, 0.05) is 29.8 Å². The molecule has 1 saturated heterocycles. The molecule has 2 heterocycles. The van der Waals surface area contributed by atoms with Crippen molar-refractivity contribution in [2.45, 2.75) is 37.8 Å². The molecule has 3 N–H and O–H groups in total. The number of aliphatic hydroxyl groups is 1. The summed E-state index contributed by atoms with van der Waals surface area (Å²) in [6, 6.07) is 2.57. The number of β-amino-alcohol motifs (C(OH)–C–C–N with tert-alkyl or cyclic N) is 1. The summed E-state index contributed by atoms with van der Waals surface area (Å²) in [5.41, 5.74) is -0.221. The van der Waals surface area contributed by atoms with Crippen LogP contribution in [0.3, 0.4) is 0 Å². The molecular weight excluding hydrogens is 292 g/mol. The van der Waals surface area contributed by atoms with E-state index in [1.54, 1.807) is 11.3 Å². The van der Waals surface area contributed by atoms with Crippen LogP contribution in [0.4, 0.5) is 4.79 Å². The molecule has 0 unspecified atom stereocenters. The second-order valence-electron chi connectivity index (χ2n) is 5.92. The molecule has 21 heavy (non-hydrogen) atoms. The van der Waals surface area contributed by atoms with Gasteiger partial charge in [-0.1, -0.05) is 19.9 Å². The lowest BCUT2D eigenvalue weighted by molar-refractivity contribution is -0.141. The molecule has 6 nitrogen and oxygen atoms in total. The molecule has 1 aliphatic rings. The molecular formula is C14H20N2O4S. The molecule has 0 radical (unpaired) electrons. The minimum atomic E-state index is -1.08. The number of aliphatic hydroxyl groups excluding tert-OH is 1. The van der Waals surface area contributed by atoms with Crippen molar-refractivity contribution >= 4 is 23.3 Å². The molecule has 1 aromatic heterocycles. The van der Waals surface area contributed by atoms with Crippen LogP contribution in [0.15, 0.2) is 17.5 Å². The van der Waals surface area contributed by atoms with Crippen molar-refractivity contribution < 1.29 is 19.8 Å². The summed E-state index contributed by atoms with van der Waals surface area (Å²) in [6.45, 7) is 4.51. The Morgan fingerprint density at radius 3 is 2.81 bits per heavy atom. The monoisotopic (exact) mass is 312 g/mol. The van der Waals surface area contributed by atoms with Crippen LogP contribution >= 0.6 is 11.3 Å². The molecule has 2 atom stereocenters. The van der Waals surface area contributed by atoms with Gasteiger partial charge in [0.25, 0.3) is 0 Å². The largest absolute Gasteiger partial charge is 0.480 e. The lowest BCUT2D eigenvalue weighted by atomic mass is 9.91. The van der Waals surface area contributed by atoms with Crippen LogP contribution in [0, 0.1) is 0 Å². The Labute approximate surface area is 127 Å². The number of urea groups is 1. The van der Waals surface area contributed by atoms with E-state index in [1.165, 1.54) is 4.90 Å². The van der Waals surface area contributed by atoms with Crippen LogP contribution < -0.4 is 5.32 Å². The van der Waals surface area contributed by atoms with Gasteiger partial charge in [-0.15, -0.1) is 11.3 Å². The lowest BCUT2D eigenvalue weighted by Gasteiger charge is -2.27. The van der Waals surface area contributed by atoms with E-state index in [0.717, 1.165) is 4.88 Å². The smallest absolute Gasteiger partial charge is 0.326 e. The molecule has 1 fully saturated rings. The first-order chi connectivity index (χ1) is 9.81. The van der Waals surface area contributed by atoms with Crippen LogP contribution in [0.5, 0.6) is 0 Å². The molecule has 1 aromatic rings. The number of thiophene rings is 1. The van der Waals surface area contributed by atoms with Crippen molar-refractivity contribution in [1.82, 2.24) is 10.2 Å². The standard InChI is InChI=1S/C14H20N2O4S/c1-14(2,11-4-3-5-21-11)8-15-13(20)16-7-9(17)6-10(16)12(18)19/h3-5,9-10,17H,6-8H2,1-2H3,(H,15,20)(H,18,19)/t9-,10-/m1/s1. The summed E-state index contributed by atoms with van der Waals surface area (Å²) in [5.74, 6) is -1.08. The molecule has 0 aliphatic carbocycles. The molecule has 2 amide bonds. The molecule has 0 aromatic carbocycles. The predicted molar refractivity (Wildman–Crippen MR) is 79.5 cm³/mol. The Bertz CT molecular complexity index is 515. The third-order valence-electron chi connectivity index (χ3n) is 3.69. The zero-order valence-electron chi connectivity index (χ0n) is 12.1. The van der Waals surface area contributed by atoms with Crippen molar-refractivity contribution in [3.63, 3.8) is 0 Å². The summed E-state index contributed by atoms with van der Waals surface area (Å²) in [5, 5.41) is 23.4. The molecule has 0 saturated carbocycles. The average molecular weight is 312 g/mol. The van der Waals surface area contributed by atoms with E-state index < -0.39 is 24.1 Å². The fraction of sp³-hybridized carbons (Fsp3) is 0.571. The van der Waals surface area contributed by atoms with E-state index in [4.69, 9.17) is 5.11 Å². The molecule has 0 bridgehead atoms. The number of hydrogen-bond acceptors (Lipinski definition) is 4. The lowest BCUT2D eigenvalue weighted by Crippen LogP contribution is -2.48. The first-order valence-electron chi connectivity index (χ1n) is 6.80. The molecule has 0 spiro atoms. The molecule has 2 rings (SSSR count). The van der Waals surface area contributed by atoms with Crippen LogP contribution in [0.25, 0.3) is 0 Å². The van der Waals surface area contributed by atoms with Crippen molar-refractivity contribution in [1.29, 1.82) is 0 Å². The Hall–Kier alpha value is -1.60. The maximum Gasteiger partial charge on any atom is 0.326 e. The number of amides is 2. The highest BCUT2D eigenvalue weighted by atomic mass is 32.1. The number of hydrogen-bond donors (Lipinski definition) is 3. The minimum absolute atomic E-state index is 0.0578. The van der Waals surface area contributed by atoms with E-state index >= 15 is 0 Å². The second kappa shape index (κ2) is 6.03. The first-order valence-corrected chi connectivity index (χ1v) is 7.68. The fourth-order valence-electron chi connectivity index (χ4n) is 2.42. The summed E-state index contributed by atoms with van der Waals surface area (Å²) >= 11 is 1.62. The van der Waals surface area contributed by atoms with E-state index in [-0.39, 0.29) is 18.4 Å². The molecule has 7 heteroatoms. The highest BCUT2D eigenvalue weighted by Gasteiger charge is 2.39. The Kier molecular flexibility index (Phi) is 4.53. The van der Waals surface area contributed by atoms with Gasteiger partial charge >= 0.3 is 12.0 Å². The van der Waals surface area contributed by atoms with Gasteiger partial charge in [-0.25, -0.2) is 9.59 Å². The SMILES string of the molecule is CC(C)(CNC(=O)N1C[C@H](O)C[C@@H]1C(=O)O)c1cccs1. The number of carbonyl (C=O) groups is 2. The average Bonchev–Trinajstić information content (AvgIpc) is 3.05. The molecule has 116 valence electrons. The first kappa shape index (κ1) is 15.8. The number of nitrogens with one attached hydrogen (secondary N) is 1. The van der Waals surface area contributed by atoms with Gasteiger partial charge in [0.15, 0.2) is 0 Å². The third-order valence-corrected chi connectivity index (χ3v) is 4.93. The maximum atomic E-state index is 12.2. The number of aliphatic carboxylic acids is 1. The van der Waals surface area contributed by atoms with E-state index in [9.17, 15) is 14.7 Å². The number of likely N-dealkylation sites (tertiary alicyclic amines) is 1. The van der Waals surface area contributed by atoms with Crippen molar-refractivity contribution in [2.75, 3.05) is 13.1 Å². The van der Waals surface area contributed by atoms with Gasteiger partial charge in [-0.05, 0) is 11.4 Å². The number of carbonyl (C=O) groups excluding carboxylic acids is 1. The summed E-state index contributed by atoms with van der Waals surface area (Å²) in [4.78, 5) is 25.6. The van der Waals surface area contributed by atoms with E-state index in [0.29, 0.717) is 6.54 Å². The van der Waals surface area contributed by atoms with Crippen molar-refractivity contribution in [2.24, 2.45) is 0 Å². The zero-order valence-corrected chi connectivity index (χ0v) is 12.9. The number of rotatable bonds is 4. The van der Waals surface area contributed by atoms with Gasteiger partial charge in [-0.3, -0.25) is 0 Å². The van der Waals surface area contributed by atoms with Crippen LogP contribution in [0.2, 0.25) is 0 Å². The van der Waals surface area contributed by atoms with Gasteiger partial charge in [0.1, 0.15) is 6.04 Å². The number of carboxylic acids is 1. The maximum absolute atomic E-state index is 12.2. The minimum Gasteiger partial charge on any atom is -0.480 e. The van der Waals surface area contributed by atoms with Gasteiger partial charge in [0.05, 0.1) is 6.10 Å². The number of nitrogens with zero attached hydrogens (tertiary/aromatic N) is 1. The van der Waals surface area contributed by atoms with Crippen LogP contribution in [-0.2, 0) is 10.2 Å². The van der Waals surface area contributed by atoms with Gasteiger partial charge in [0.2, 0.25) is 0 Å². The Morgan fingerprint density at radius 2 is 2.24 bits per heavy atom. The Balaban J connectivity index is 1.97. The molecule has 1 aliphatic heterocycles. The normalized spacial score (nSPS) is 22.3. The zero-order chi connectivity index (χ0) is 15.6. The van der Waals surface area contributed by atoms with Crippen molar-refractivity contribution in [3.8, 4) is 0 Å². The fourth-order valence-corrected chi connectivity index (χ4v) is 3.27. The Morgan fingerprint density at radius 1 is 1.52 bits per heavy atom. The van der Waals surface area contributed by atoms with Gasteiger partial charge < -0.3 is 20.4 Å². The van der Waals surface area contributed by atoms with Crippen LogP contribution in [0.1, 0.15) is 25.1 Å². The van der Waals surface area contributed by atoms with Crippen molar-refractivity contribution in [3.05, 3.63) is 22.4 Å². The quantitative estimate of drug-likeness (QED) is 0.780. The third kappa shape index (κ3) is 3.54. The summed E-state index contributed by atoms with van der Waals surface area (Å²) < 4.78 is 0. The van der Waals surface area contributed by atoms with E-state index in [2.05, 4.69) is 5.32 Å². The summed E-state index contributed by atoms with van der Waals surface area (Å²) in [6.07, 6.45) is -0.695. The second-order valence-corrected chi connectivity index (χ2v) is 6.86.